The van der Waals surface area contributed by atoms with Crippen LogP contribution in [0, 0.1) is 10.1 Å². The molecule has 0 saturated heterocycles. The van der Waals surface area contributed by atoms with Crippen LogP contribution in [0.2, 0.25) is 0 Å². The van der Waals surface area contributed by atoms with Crippen molar-refractivity contribution in [3.8, 4) is 5.75 Å². The van der Waals surface area contributed by atoms with E-state index in [9.17, 15) is 18.5 Å². The summed E-state index contributed by atoms with van der Waals surface area (Å²) in [4.78, 5) is 14.2. The standard InChI is InChI=1S/C15H17N3O5S/c1-17(10-8-12-5-3-4-9-16-12)24(21,22)15-7-6-13(23-2)11-14(15)18(19)20/h3-7,9,11H,8,10H2,1-2H3. The summed E-state index contributed by atoms with van der Waals surface area (Å²) >= 11 is 0. The molecule has 0 N–H and O–H groups in total. The molecule has 2 aromatic rings. The number of nitro groups is 1. The highest BCUT2D eigenvalue weighted by atomic mass is 32.2. The van der Waals surface area contributed by atoms with Crippen molar-refractivity contribution < 1.29 is 18.1 Å². The summed E-state index contributed by atoms with van der Waals surface area (Å²) in [6.45, 7) is 0.155. The molecule has 0 aliphatic rings. The van der Waals surface area contributed by atoms with E-state index in [1.807, 2.05) is 6.07 Å². The molecule has 0 aliphatic heterocycles. The van der Waals surface area contributed by atoms with Crippen LogP contribution in [0.5, 0.6) is 5.75 Å². The lowest BCUT2D eigenvalue weighted by molar-refractivity contribution is -0.387. The smallest absolute Gasteiger partial charge is 0.293 e. The van der Waals surface area contributed by atoms with Crippen LogP contribution in [0.1, 0.15) is 5.69 Å². The number of methoxy groups -OCH3 is 1. The molecule has 24 heavy (non-hydrogen) atoms. The zero-order valence-corrected chi connectivity index (χ0v) is 14.1. The van der Waals surface area contributed by atoms with Gasteiger partial charge in [0.15, 0.2) is 4.90 Å². The Kier molecular flexibility index (Phi) is 5.47. The van der Waals surface area contributed by atoms with Gasteiger partial charge in [-0.1, -0.05) is 6.07 Å². The maximum absolute atomic E-state index is 12.6. The normalized spacial score (nSPS) is 11.5. The van der Waals surface area contributed by atoms with Gasteiger partial charge in [-0.05, 0) is 24.3 Å². The van der Waals surface area contributed by atoms with Gasteiger partial charge in [0.25, 0.3) is 5.69 Å². The molecule has 0 radical (unpaired) electrons. The lowest BCUT2D eigenvalue weighted by Crippen LogP contribution is -2.29. The van der Waals surface area contributed by atoms with Gasteiger partial charge in [-0.15, -0.1) is 0 Å². The molecule has 128 valence electrons. The number of benzene rings is 1. The van der Waals surface area contributed by atoms with Crippen LogP contribution in [-0.2, 0) is 16.4 Å². The highest BCUT2D eigenvalue weighted by Crippen LogP contribution is 2.30. The van der Waals surface area contributed by atoms with Gasteiger partial charge in [0.1, 0.15) is 5.75 Å². The number of ether oxygens (including phenoxy) is 1. The van der Waals surface area contributed by atoms with E-state index < -0.39 is 20.6 Å². The van der Waals surface area contributed by atoms with E-state index in [-0.39, 0.29) is 17.2 Å². The summed E-state index contributed by atoms with van der Waals surface area (Å²) in [6.07, 6.45) is 2.03. The fourth-order valence-electron chi connectivity index (χ4n) is 2.09. The number of aromatic nitrogens is 1. The zero-order valence-electron chi connectivity index (χ0n) is 13.2. The number of sulfonamides is 1. The zero-order chi connectivity index (χ0) is 17.7. The van der Waals surface area contributed by atoms with Crippen LogP contribution < -0.4 is 4.74 Å². The number of nitro benzene ring substituents is 1. The molecule has 1 heterocycles. The number of rotatable bonds is 7. The molecule has 0 atom stereocenters. The van der Waals surface area contributed by atoms with E-state index in [1.54, 1.807) is 18.3 Å². The van der Waals surface area contributed by atoms with Gasteiger partial charge in [-0.25, -0.2) is 12.7 Å². The van der Waals surface area contributed by atoms with Gasteiger partial charge in [-0.2, -0.15) is 0 Å². The fourth-order valence-corrected chi connectivity index (χ4v) is 3.40. The van der Waals surface area contributed by atoms with Crippen molar-refractivity contribution >= 4 is 15.7 Å². The first-order chi connectivity index (χ1) is 11.4. The minimum atomic E-state index is -4.00. The minimum absolute atomic E-state index is 0.155. The predicted octanol–water partition coefficient (Wildman–Crippen LogP) is 1.86. The molecule has 0 spiro atoms. The summed E-state index contributed by atoms with van der Waals surface area (Å²) in [6, 6.07) is 9.03. The molecule has 0 saturated carbocycles. The average molecular weight is 351 g/mol. The first kappa shape index (κ1) is 17.8. The third kappa shape index (κ3) is 3.87. The van der Waals surface area contributed by atoms with Crippen LogP contribution in [0.15, 0.2) is 47.5 Å². The Bertz CT molecular complexity index is 824. The van der Waals surface area contributed by atoms with E-state index in [0.717, 1.165) is 16.1 Å². The Morgan fingerprint density at radius 2 is 2.04 bits per heavy atom. The molecule has 8 nitrogen and oxygen atoms in total. The second kappa shape index (κ2) is 7.37. The van der Waals surface area contributed by atoms with Crippen molar-refractivity contribution in [3.05, 3.63) is 58.4 Å². The molecule has 0 unspecified atom stereocenters. The van der Waals surface area contributed by atoms with E-state index in [2.05, 4.69) is 4.98 Å². The van der Waals surface area contributed by atoms with Gasteiger partial charge in [0, 0.05) is 31.9 Å². The van der Waals surface area contributed by atoms with Crippen molar-refractivity contribution in [1.82, 2.24) is 9.29 Å². The van der Waals surface area contributed by atoms with Crippen molar-refractivity contribution in [1.29, 1.82) is 0 Å². The predicted molar refractivity (Wildman–Crippen MR) is 87.4 cm³/mol. The van der Waals surface area contributed by atoms with Gasteiger partial charge >= 0.3 is 0 Å². The van der Waals surface area contributed by atoms with E-state index in [1.165, 1.54) is 26.3 Å². The first-order valence-corrected chi connectivity index (χ1v) is 8.49. The fraction of sp³-hybridized carbons (Fsp3) is 0.267. The van der Waals surface area contributed by atoms with Crippen molar-refractivity contribution in [2.24, 2.45) is 0 Å². The summed E-state index contributed by atoms with van der Waals surface area (Å²) in [5.74, 6) is 0.219. The maximum atomic E-state index is 12.6. The molecule has 9 heteroatoms. The number of hydrogen-bond donors (Lipinski definition) is 0. The van der Waals surface area contributed by atoms with Gasteiger partial charge in [-0.3, -0.25) is 15.1 Å². The Morgan fingerprint density at radius 3 is 2.62 bits per heavy atom. The Hall–Kier alpha value is -2.52. The summed E-state index contributed by atoms with van der Waals surface area (Å²) in [5.41, 5.74) is 0.225. The third-order valence-corrected chi connectivity index (χ3v) is 5.36. The SMILES string of the molecule is COc1ccc(S(=O)(=O)N(C)CCc2ccccn2)c([N+](=O)[O-])c1. The average Bonchev–Trinajstić information content (AvgIpc) is 2.59. The number of likely N-dealkylation sites (N-methyl/N-ethyl adjacent to an activating group) is 1. The van der Waals surface area contributed by atoms with E-state index in [4.69, 9.17) is 4.74 Å². The van der Waals surface area contributed by atoms with Crippen LogP contribution in [0.25, 0.3) is 0 Å². The van der Waals surface area contributed by atoms with Crippen LogP contribution >= 0.6 is 0 Å². The van der Waals surface area contributed by atoms with Crippen molar-refractivity contribution in [2.75, 3.05) is 20.7 Å². The van der Waals surface area contributed by atoms with Crippen LogP contribution in [0.4, 0.5) is 5.69 Å². The second-order valence-electron chi connectivity index (χ2n) is 4.99. The van der Waals surface area contributed by atoms with Crippen molar-refractivity contribution in [2.45, 2.75) is 11.3 Å². The van der Waals surface area contributed by atoms with E-state index in [0.29, 0.717) is 6.42 Å². The summed E-state index contributed by atoms with van der Waals surface area (Å²) < 4.78 is 31.3. The summed E-state index contributed by atoms with van der Waals surface area (Å²) in [7, 11) is -1.27. The highest BCUT2D eigenvalue weighted by Gasteiger charge is 2.30. The monoisotopic (exact) mass is 351 g/mol. The molecule has 0 bridgehead atoms. The molecular formula is C15H17N3O5S. The topological polar surface area (TPSA) is 103 Å². The first-order valence-electron chi connectivity index (χ1n) is 7.05. The Balaban J connectivity index is 2.27. The highest BCUT2D eigenvalue weighted by molar-refractivity contribution is 7.89. The molecule has 0 aliphatic carbocycles. The molecule has 0 amide bonds. The minimum Gasteiger partial charge on any atom is -0.497 e. The molecule has 1 aromatic heterocycles. The van der Waals surface area contributed by atoms with Gasteiger partial charge in [0.2, 0.25) is 10.0 Å². The molecule has 0 fully saturated rings. The van der Waals surface area contributed by atoms with Gasteiger partial charge < -0.3 is 4.74 Å². The largest absolute Gasteiger partial charge is 0.497 e. The molecule has 2 rings (SSSR count). The maximum Gasteiger partial charge on any atom is 0.293 e. The van der Waals surface area contributed by atoms with E-state index >= 15 is 0 Å². The number of nitrogens with zero attached hydrogens (tertiary/aromatic N) is 3. The Labute approximate surface area is 139 Å². The van der Waals surface area contributed by atoms with Crippen LogP contribution in [0.3, 0.4) is 0 Å². The molecule has 1 aromatic carbocycles. The number of pyridine rings is 1. The molecular weight excluding hydrogens is 334 g/mol. The van der Waals surface area contributed by atoms with Crippen molar-refractivity contribution in [3.63, 3.8) is 0 Å². The lowest BCUT2D eigenvalue weighted by atomic mass is 10.3. The number of hydrogen-bond acceptors (Lipinski definition) is 6. The lowest BCUT2D eigenvalue weighted by Gasteiger charge is -2.17. The Morgan fingerprint density at radius 1 is 1.29 bits per heavy atom. The van der Waals surface area contributed by atoms with Gasteiger partial charge in [0.05, 0.1) is 18.1 Å². The quantitative estimate of drug-likeness (QED) is 0.557. The summed E-state index contributed by atoms with van der Waals surface area (Å²) in [5, 5.41) is 11.2. The second-order valence-corrected chi connectivity index (χ2v) is 7.00. The third-order valence-electron chi connectivity index (χ3n) is 3.46. The van der Waals surface area contributed by atoms with Crippen LogP contribution in [-0.4, -0.2) is 43.3 Å².